The average molecular weight is 416 g/mol. The molecule has 0 saturated heterocycles. The third-order valence-corrected chi connectivity index (χ3v) is 4.48. The highest BCUT2D eigenvalue weighted by molar-refractivity contribution is 5.91. The highest BCUT2D eigenvalue weighted by Gasteiger charge is 2.08. The lowest BCUT2D eigenvalue weighted by Gasteiger charge is -2.06. The van der Waals surface area contributed by atoms with Gasteiger partial charge in [-0.2, -0.15) is 5.10 Å². The number of esters is 1. The van der Waals surface area contributed by atoms with Gasteiger partial charge in [0.2, 0.25) is 0 Å². The van der Waals surface area contributed by atoms with Crippen LogP contribution in [-0.4, -0.2) is 24.7 Å². The van der Waals surface area contributed by atoms with Crippen LogP contribution in [0.3, 0.4) is 0 Å². The number of amides is 1. The number of nitrogens with one attached hydrogen (secondary N) is 1. The van der Waals surface area contributed by atoms with Crippen LogP contribution in [-0.2, 0) is 11.2 Å². The number of carbonyl (C=O) groups excluding carboxylic acids is 2. The Morgan fingerprint density at radius 2 is 1.55 bits per heavy atom. The topological polar surface area (TPSA) is 77.0 Å². The number of benzene rings is 3. The molecule has 0 aliphatic rings. The summed E-state index contributed by atoms with van der Waals surface area (Å²) in [7, 11) is 0. The Hall–Kier alpha value is -3.93. The molecule has 6 nitrogen and oxygen atoms in total. The number of hydrazone groups is 1. The van der Waals surface area contributed by atoms with Gasteiger partial charge in [0.05, 0.1) is 11.8 Å². The molecule has 0 spiro atoms. The molecular formula is C25H24N2O4. The first-order valence-electron chi connectivity index (χ1n) is 9.96. The molecule has 3 aromatic rings. The molecule has 0 radical (unpaired) electrons. The van der Waals surface area contributed by atoms with E-state index in [1.807, 2.05) is 43.3 Å². The quantitative estimate of drug-likeness (QED) is 0.257. The Labute approximate surface area is 181 Å². The van der Waals surface area contributed by atoms with Crippen molar-refractivity contribution in [3.63, 3.8) is 0 Å². The first kappa shape index (κ1) is 21.8. The lowest BCUT2D eigenvalue weighted by molar-refractivity contribution is -0.123. The third-order valence-electron chi connectivity index (χ3n) is 4.48. The summed E-state index contributed by atoms with van der Waals surface area (Å²) in [4.78, 5) is 24.0. The second-order valence-corrected chi connectivity index (χ2v) is 6.90. The van der Waals surface area contributed by atoms with Crippen molar-refractivity contribution in [2.75, 3.05) is 6.61 Å². The predicted octanol–water partition coefficient (Wildman–Crippen LogP) is 4.31. The molecular weight excluding hydrogens is 392 g/mol. The van der Waals surface area contributed by atoms with Crippen LogP contribution in [0, 0.1) is 6.92 Å². The first-order chi connectivity index (χ1) is 15.0. The van der Waals surface area contributed by atoms with Gasteiger partial charge in [-0.3, -0.25) is 4.79 Å². The standard InChI is InChI=1S/C25H24N2O4/c1-3-19-6-12-22(13-7-19)30-17-24(28)27-26-16-20-8-14-23(15-9-20)31-25(29)21-10-4-18(2)5-11-21/h4-16H,3,17H2,1-2H3,(H,27,28)/b26-16+. The van der Waals surface area contributed by atoms with Crippen molar-refractivity contribution in [1.29, 1.82) is 0 Å². The van der Waals surface area contributed by atoms with Crippen molar-refractivity contribution in [3.8, 4) is 11.5 Å². The van der Waals surface area contributed by atoms with Gasteiger partial charge >= 0.3 is 5.97 Å². The Bertz CT molecular complexity index is 1040. The van der Waals surface area contributed by atoms with Crippen molar-refractivity contribution >= 4 is 18.1 Å². The molecule has 6 heteroatoms. The van der Waals surface area contributed by atoms with Gasteiger partial charge in [-0.1, -0.05) is 36.8 Å². The van der Waals surface area contributed by atoms with Crippen LogP contribution in [0.2, 0.25) is 0 Å². The van der Waals surface area contributed by atoms with Crippen LogP contribution < -0.4 is 14.9 Å². The van der Waals surface area contributed by atoms with Crippen molar-refractivity contribution < 1.29 is 19.1 Å². The van der Waals surface area contributed by atoms with E-state index in [0.717, 1.165) is 17.5 Å². The molecule has 0 fully saturated rings. The van der Waals surface area contributed by atoms with E-state index < -0.39 is 5.97 Å². The molecule has 3 rings (SSSR count). The van der Waals surface area contributed by atoms with Crippen molar-refractivity contribution in [2.24, 2.45) is 5.10 Å². The molecule has 158 valence electrons. The molecule has 0 aromatic heterocycles. The van der Waals surface area contributed by atoms with E-state index in [9.17, 15) is 9.59 Å². The van der Waals surface area contributed by atoms with Gasteiger partial charge in [-0.25, -0.2) is 10.2 Å². The zero-order valence-electron chi connectivity index (χ0n) is 17.5. The summed E-state index contributed by atoms with van der Waals surface area (Å²) in [6, 6.07) is 21.6. The molecule has 0 saturated carbocycles. The van der Waals surface area contributed by atoms with E-state index in [0.29, 0.717) is 17.1 Å². The molecule has 31 heavy (non-hydrogen) atoms. The molecule has 1 amide bonds. The molecule has 0 aliphatic carbocycles. The average Bonchev–Trinajstić information content (AvgIpc) is 2.79. The van der Waals surface area contributed by atoms with E-state index in [4.69, 9.17) is 9.47 Å². The zero-order chi connectivity index (χ0) is 22.1. The fourth-order valence-corrected chi connectivity index (χ4v) is 2.66. The third kappa shape index (κ3) is 6.82. The normalized spacial score (nSPS) is 10.6. The van der Waals surface area contributed by atoms with Crippen LogP contribution in [0.4, 0.5) is 0 Å². The van der Waals surface area contributed by atoms with Gasteiger partial charge in [-0.05, 0) is 73.0 Å². The second-order valence-electron chi connectivity index (χ2n) is 6.90. The Morgan fingerprint density at radius 3 is 2.19 bits per heavy atom. The van der Waals surface area contributed by atoms with E-state index >= 15 is 0 Å². The molecule has 1 N–H and O–H groups in total. The lowest BCUT2D eigenvalue weighted by Crippen LogP contribution is -2.24. The van der Waals surface area contributed by atoms with E-state index in [1.54, 1.807) is 36.4 Å². The molecule has 3 aromatic carbocycles. The zero-order valence-corrected chi connectivity index (χ0v) is 17.5. The minimum Gasteiger partial charge on any atom is -0.484 e. The smallest absolute Gasteiger partial charge is 0.343 e. The summed E-state index contributed by atoms with van der Waals surface area (Å²) in [6.07, 6.45) is 2.45. The maximum Gasteiger partial charge on any atom is 0.343 e. The number of hydrogen-bond donors (Lipinski definition) is 1. The maximum atomic E-state index is 12.1. The second kappa shape index (κ2) is 10.7. The van der Waals surface area contributed by atoms with E-state index in [2.05, 4.69) is 17.5 Å². The predicted molar refractivity (Wildman–Crippen MR) is 120 cm³/mol. The fourth-order valence-electron chi connectivity index (χ4n) is 2.66. The highest BCUT2D eigenvalue weighted by Crippen LogP contribution is 2.14. The van der Waals surface area contributed by atoms with Crippen LogP contribution in [0.25, 0.3) is 0 Å². The largest absolute Gasteiger partial charge is 0.484 e. The number of rotatable bonds is 8. The summed E-state index contributed by atoms with van der Waals surface area (Å²) in [5.41, 5.74) is 5.93. The van der Waals surface area contributed by atoms with Crippen LogP contribution in [0.1, 0.15) is 34.0 Å². The van der Waals surface area contributed by atoms with Gasteiger partial charge in [0, 0.05) is 0 Å². The summed E-state index contributed by atoms with van der Waals surface area (Å²) >= 11 is 0. The number of nitrogens with zero attached hydrogens (tertiary/aromatic N) is 1. The number of ether oxygens (including phenoxy) is 2. The van der Waals surface area contributed by atoms with Crippen LogP contribution in [0.5, 0.6) is 11.5 Å². The number of hydrogen-bond acceptors (Lipinski definition) is 5. The Kier molecular flexibility index (Phi) is 7.54. The summed E-state index contributed by atoms with van der Waals surface area (Å²) < 4.78 is 10.8. The molecule has 0 heterocycles. The van der Waals surface area contributed by atoms with Gasteiger partial charge in [0.1, 0.15) is 11.5 Å². The minimum atomic E-state index is -0.419. The summed E-state index contributed by atoms with van der Waals surface area (Å²) in [5, 5.41) is 3.92. The maximum absolute atomic E-state index is 12.1. The van der Waals surface area contributed by atoms with Crippen molar-refractivity contribution in [2.45, 2.75) is 20.3 Å². The van der Waals surface area contributed by atoms with Crippen LogP contribution >= 0.6 is 0 Å². The number of aryl methyl sites for hydroxylation is 2. The monoisotopic (exact) mass is 416 g/mol. The van der Waals surface area contributed by atoms with E-state index in [1.165, 1.54) is 11.8 Å². The van der Waals surface area contributed by atoms with Gasteiger partial charge in [-0.15, -0.1) is 0 Å². The molecule has 0 aliphatic heterocycles. The highest BCUT2D eigenvalue weighted by atomic mass is 16.5. The Balaban J connectivity index is 1.44. The lowest BCUT2D eigenvalue weighted by atomic mass is 10.1. The van der Waals surface area contributed by atoms with Gasteiger partial charge in [0.15, 0.2) is 6.61 Å². The fraction of sp³-hybridized carbons (Fsp3) is 0.160. The van der Waals surface area contributed by atoms with Crippen molar-refractivity contribution in [1.82, 2.24) is 5.43 Å². The van der Waals surface area contributed by atoms with Crippen molar-refractivity contribution in [3.05, 3.63) is 95.1 Å². The Morgan fingerprint density at radius 1 is 0.903 bits per heavy atom. The van der Waals surface area contributed by atoms with E-state index in [-0.39, 0.29) is 12.5 Å². The minimum absolute atomic E-state index is 0.128. The van der Waals surface area contributed by atoms with Gasteiger partial charge < -0.3 is 9.47 Å². The molecule has 0 atom stereocenters. The summed E-state index contributed by atoms with van der Waals surface area (Å²) in [6.45, 7) is 3.90. The SMILES string of the molecule is CCc1ccc(OCC(=O)N/N=C/c2ccc(OC(=O)c3ccc(C)cc3)cc2)cc1. The van der Waals surface area contributed by atoms with Crippen LogP contribution in [0.15, 0.2) is 77.9 Å². The van der Waals surface area contributed by atoms with Gasteiger partial charge in [0.25, 0.3) is 5.91 Å². The molecule has 0 unspecified atom stereocenters. The number of carbonyl (C=O) groups is 2. The summed E-state index contributed by atoms with van der Waals surface area (Å²) in [5.74, 6) is 0.277. The first-order valence-corrected chi connectivity index (χ1v) is 9.96. The molecule has 0 bridgehead atoms.